The highest BCUT2D eigenvalue weighted by Gasteiger charge is 2.42. The summed E-state index contributed by atoms with van der Waals surface area (Å²) in [4.78, 5) is 12.9. The monoisotopic (exact) mass is 552 g/mol. The third-order valence-electron chi connectivity index (χ3n) is 7.86. The van der Waals surface area contributed by atoms with E-state index >= 15 is 0 Å². The summed E-state index contributed by atoms with van der Waals surface area (Å²) in [6.45, 7) is 15.4. The van der Waals surface area contributed by atoms with Crippen molar-refractivity contribution in [1.82, 2.24) is 0 Å². The van der Waals surface area contributed by atoms with Crippen LogP contribution in [-0.4, -0.2) is 43.8 Å². The first kappa shape index (κ1) is 31.9. The van der Waals surface area contributed by atoms with E-state index < -0.39 is 5.79 Å². The summed E-state index contributed by atoms with van der Waals surface area (Å²) in [5.74, 6) is 0.310. The minimum absolute atomic E-state index is 0.0153. The summed E-state index contributed by atoms with van der Waals surface area (Å²) in [6.07, 6.45) is 12.9. The first-order valence-electron chi connectivity index (χ1n) is 14.4. The SMILES string of the molecule is COc1ccc(COC/C=C(\C)[C@H]2OC(=O)CC/C=C(\C)[C@H](C)[C@@H]3OC(C)(C)O[C@@H](/C=C\C=C/[C@@H]2C)[C@@H]3C)cc1. The van der Waals surface area contributed by atoms with Crippen LogP contribution in [0.5, 0.6) is 5.75 Å². The maximum absolute atomic E-state index is 12.9. The number of carbonyl (C=O) groups is 1. The van der Waals surface area contributed by atoms with Gasteiger partial charge in [0.1, 0.15) is 11.9 Å². The lowest BCUT2D eigenvalue weighted by molar-refractivity contribution is -0.315. The molecule has 1 aromatic carbocycles. The fraction of sp³-hybridized carbons (Fsp3) is 0.559. The number of esters is 1. The molecular formula is C34H48O6. The van der Waals surface area contributed by atoms with Crippen LogP contribution in [0.4, 0.5) is 0 Å². The molecule has 0 spiro atoms. The van der Waals surface area contributed by atoms with Crippen LogP contribution in [0.2, 0.25) is 0 Å². The van der Waals surface area contributed by atoms with Gasteiger partial charge in [0.15, 0.2) is 5.79 Å². The predicted molar refractivity (Wildman–Crippen MR) is 159 cm³/mol. The maximum atomic E-state index is 12.9. The van der Waals surface area contributed by atoms with Crippen LogP contribution in [0, 0.1) is 17.8 Å². The minimum atomic E-state index is -0.671. The second-order valence-corrected chi connectivity index (χ2v) is 11.6. The molecule has 3 rings (SSSR count). The molecule has 6 atom stereocenters. The van der Waals surface area contributed by atoms with Crippen molar-refractivity contribution in [2.45, 2.75) is 92.0 Å². The summed E-state index contributed by atoms with van der Waals surface area (Å²) in [6, 6.07) is 7.82. The standard InChI is InChI=1S/C34H48O6/c1-23-13-11-15-31(35)38-32(25(3)20-21-37-22-28-16-18-29(36-8)19-17-28)24(2)12-9-10-14-30-27(5)33(26(23)4)40-34(6,7)39-30/h9-10,12-14,16-20,24,26-27,30,32-33H,11,15,21-22H2,1-8H3/b12-9-,14-10-,23-13+,25-20+/t24-,26-,27-,30-,32-,33-/m0/s1. The lowest BCUT2D eigenvalue weighted by Gasteiger charge is -2.46. The molecule has 6 nitrogen and oxygen atoms in total. The van der Waals surface area contributed by atoms with Crippen molar-refractivity contribution < 1.29 is 28.5 Å². The molecular weight excluding hydrogens is 504 g/mol. The number of allylic oxidation sites excluding steroid dienone is 3. The van der Waals surface area contributed by atoms with Crippen molar-refractivity contribution in [3.63, 3.8) is 0 Å². The highest BCUT2D eigenvalue weighted by Crippen LogP contribution is 2.37. The normalized spacial score (nSPS) is 32.9. The van der Waals surface area contributed by atoms with Crippen molar-refractivity contribution in [1.29, 1.82) is 0 Å². The molecule has 2 bridgehead atoms. The van der Waals surface area contributed by atoms with E-state index in [4.69, 9.17) is 23.7 Å². The van der Waals surface area contributed by atoms with E-state index in [2.05, 4.69) is 45.9 Å². The highest BCUT2D eigenvalue weighted by atomic mass is 16.7. The van der Waals surface area contributed by atoms with Gasteiger partial charge >= 0.3 is 5.97 Å². The first-order chi connectivity index (χ1) is 19.0. The summed E-state index contributed by atoms with van der Waals surface area (Å²) in [5.41, 5.74) is 3.25. The molecule has 0 aliphatic carbocycles. The van der Waals surface area contributed by atoms with E-state index in [1.165, 1.54) is 5.57 Å². The Labute approximate surface area is 241 Å². The van der Waals surface area contributed by atoms with Gasteiger partial charge in [0.25, 0.3) is 0 Å². The lowest BCUT2D eigenvalue weighted by Crippen LogP contribution is -2.51. The summed E-state index contributed by atoms with van der Waals surface area (Å²) < 4.78 is 29.8. The first-order valence-corrected chi connectivity index (χ1v) is 14.4. The van der Waals surface area contributed by atoms with Gasteiger partial charge < -0.3 is 23.7 Å². The third-order valence-corrected chi connectivity index (χ3v) is 7.86. The number of cyclic esters (lactones) is 1. The molecule has 1 aromatic rings. The molecule has 2 heterocycles. The van der Waals surface area contributed by atoms with Gasteiger partial charge in [0, 0.05) is 24.2 Å². The molecule has 0 amide bonds. The Morgan fingerprint density at radius 3 is 2.48 bits per heavy atom. The fourth-order valence-electron chi connectivity index (χ4n) is 5.25. The van der Waals surface area contributed by atoms with Gasteiger partial charge in [-0.3, -0.25) is 4.79 Å². The molecule has 0 unspecified atom stereocenters. The van der Waals surface area contributed by atoms with Crippen molar-refractivity contribution in [2.24, 2.45) is 17.8 Å². The topological polar surface area (TPSA) is 63.2 Å². The molecule has 1 fully saturated rings. The second kappa shape index (κ2) is 14.8. The zero-order valence-corrected chi connectivity index (χ0v) is 25.5. The van der Waals surface area contributed by atoms with Crippen molar-refractivity contribution in [3.8, 4) is 5.75 Å². The van der Waals surface area contributed by atoms with E-state index in [9.17, 15) is 4.79 Å². The number of fused-ring (bicyclic) bond motifs is 2. The van der Waals surface area contributed by atoms with Gasteiger partial charge in [0.2, 0.25) is 0 Å². The van der Waals surface area contributed by atoms with E-state index in [1.807, 2.05) is 63.3 Å². The number of benzene rings is 1. The molecule has 0 saturated carbocycles. The Bertz CT molecular complexity index is 1080. The Kier molecular flexibility index (Phi) is 11.8. The maximum Gasteiger partial charge on any atom is 0.306 e. The summed E-state index contributed by atoms with van der Waals surface area (Å²) in [7, 11) is 1.65. The van der Waals surface area contributed by atoms with Gasteiger partial charge in [-0.05, 0) is 57.4 Å². The van der Waals surface area contributed by atoms with Crippen LogP contribution in [0.25, 0.3) is 0 Å². The van der Waals surface area contributed by atoms with Crippen LogP contribution in [0.3, 0.4) is 0 Å². The zero-order chi connectivity index (χ0) is 29.3. The van der Waals surface area contributed by atoms with Gasteiger partial charge in [-0.2, -0.15) is 0 Å². The van der Waals surface area contributed by atoms with Crippen molar-refractivity contribution >= 4 is 5.97 Å². The smallest absolute Gasteiger partial charge is 0.306 e. The molecule has 220 valence electrons. The molecule has 2 aliphatic heterocycles. The van der Waals surface area contributed by atoms with Crippen LogP contribution in [-0.2, 0) is 30.3 Å². The van der Waals surface area contributed by atoms with E-state index in [0.29, 0.717) is 26.1 Å². The third kappa shape index (κ3) is 9.18. The average Bonchev–Trinajstić information content (AvgIpc) is 2.92. The van der Waals surface area contributed by atoms with Crippen LogP contribution < -0.4 is 4.74 Å². The average molecular weight is 553 g/mol. The van der Waals surface area contributed by atoms with Gasteiger partial charge in [-0.25, -0.2) is 0 Å². The number of carbonyl (C=O) groups excluding carboxylic acids is 1. The number of rotatable bonds is 6. The second-order valence-electron chi connectivity index (χ2n) is 11.6. The zero-order valence-electron chi connectivity index (χ0n) is 25.5. The Hall–Kier alpha value is -2.67. The highest BCUT2D eigenvalue weighted by molar-refractivity contribution is 5.70. The van der Waals surface area contributed by atoms with Gasteiger partial charge in [-0.15, -0.1) is 0 Å². The van der Waals surface area contributed by atoms with Crippen LogP contribution in [0.1, 0.15) is 66.9 Å². The molecule has 1 saturated heterocycles. The van der Waals surface area contributed by atoms with Gasteiger partial charge in [-0.1, -0.05) is 74.9 Å². The molecule has 0 radical (unpaired) electrons. The molecule has 0 aromatic heterocycles. The molecule has 6 heteroatoms. The van der Waals surface area contributed by atoms with Gasteiger partial charge in [0.05, 0.1) is 32.5 Å². The number of hydrogen-bond donors (Lipinski definition) is 0. The lowest BCUT2D eigenvalue weighted by atomic mass is 9.83. The summed E-state index contributed by atoms with van der Waals surface area (Å²) >= 11 is 0. The largest absolute Gasteiger partial charge is 0.497 e. The Morgan fingerprint density at radius 2 is 1.77 bits per heavy atom. The van der Waals surface area contributed by atoms with Crippen LogP contribution >= 0.6 is 0 Å². The van der Waals surface area contributed by atoms with E-state index in [-0.39, 0.29) is 42.0 Å². The van der Waals surface area contributed by atoms with E-state index in [1.54, 1.807) is 7.11 Å². The molecule has 2 aliphatic rings. The predicted octanol–water partition coefficient (Wildman–Crippen LogP) is 7.35. The Morgan fingerprint density at radius 1 is 1.07 bits per heavy atom. The van der Waals surface area contributed by atoms with Crippen LogP contribution in [0.15, 0.2) is 71.9 Å². The summed E-state index contributed by atoms with van der Waals surface area (Å²) in [5, 5.41) is 0. The van der Waals surface area contributed by atoms with Crippen molar-refractivity contribution in [3.05, 3.63) is 77.4 Å². The number of hydrogen-bond acceptors (Lipinski definition) is 6. The number of methoxy groups -OCH3 is 1. The molecule has 0 N–H and O–H groups in total. The van der Waals surface area contributed by atoms with Crippen molar-refractivity contribution in [2.75, 3.05) is 13.7 Å². The Balaban J connectivity index is 1.74. The minimum Gasteiger partial charge on any atom is -0.497 e. The van der Waals surface area contributed by atoms with E-state index in [0.717, 1.165) is 16.9 Å². The fourth-order valence-corrected chi connectivity index (χ4v) is 5.25. The number of ether oxygens (including phenoxy) is 5. The molecule has 40 heavy (non-hydrogen) atoms. The quantitative estimate of drug-likeness (QED) is 0.209.